The summed E-state index contributed by atoms with van der Waals surface area (Å²) in [6.07, 6.45) is 5.03. The van der Waals surface area contributed by atoms with Crippen molar-refractivity contribution in [3.63, 3.8) is 0 Å². The molecule has 0 atom stereocenters. The van der Waals surface area contributed by atoms with Gasteiger partial charge in [0.15, 0.2) is 0 Å². The molecule has 0 unspecified atom stereocenters. The third-order valence-electron chi connectivity index (χ3n) is 2.52. The number of carbonyl (C=O) groups excluding carboxylic acids is 1. The van der Waals surface area contributed by atoms with Gasteiger partial charge in [0.2, 0.25) is 15.2 Å². The number of terminal acetylenes is 1. The Bertz CT molecular complexity index is 837. The van der Waals surface area contributed by atoms with Crippen LogP contribution in [0.25, 0.3) is 0 Å². The lowest BCUT2D eigenvalue weighted by atomic mass is 10.2. The summed E-state index contributed by atoms with van der Waals surface area (Å²) in [4.78, 5) is 12.1. The summed E-state index contributed by atoms with van der Waals surface area (Å²) in [5, 5.41) is 11.2. The zero-order valence-corrected chi connectivity index (χ0v) is 13.2. The third kappa shape index (κ3) is 3.88. The van der Waals surface area contributed by atoms with E-state index in [1.165, 1.54) is 35.6 Å². The molecule has 0 bridgehead atoms. The molecular formula is C13H12N4O3S2. The molecule has 0 saturated carbocycles. The highest BCUT2D eigenvalue weighted by molar-refractivity contribution is 7.89. The van der Waals surface area contributed by atoms with E-state index < -0.39 is 15.9 Å². The van der Waals surface area contributed by atoms with Crippen molar-refractivity contribution >= 4 is 32.4 Å². The number of anilines is 1. The van der Waals surface area contributed by atoms with Crippen LogP contribution < -0.4 is 10.0 Å². The number of aromatic nitrogens is 2. The van der Waals surface area contributed by atoms with Crippen LogP contribution in [-0.4, -0.2) is 31.1 Å². The largest absolute Gasteiger partial charge is 0.296 e. The lowest BCUT2D eigenvalue weighted by Gasteiger charge is -2.06. The highest BCUT2D eigenvalue weighted by Gasteiger charge is 2.16. The molecular weight excluding hydrogens is 324 g/mol. The topological polar surface area (TPSA) is 101 Å². The summed E-state index contributed by atoms with van der Waals surface area (Å²) < 4.78 is 26.2. The molecule has 2 aromatic rings. The Labute approximate surface area is 131 Å². The predicted molar refractivity (Wildman–Crippen MR) is 83.1 cm³/mol. The summed E-state index contributed by atoms with van der Waals surface area (Å²) in [5.41, 5.74) is 0.191. The molecule has 0 saturated heterocycles. The van der Waals surface area contributed by atoms with Gasteiger partial charge in [-0.3, -0.25) is 10.1 Å². The van der Waals surface area contributed by atoms with Crippen molar-refractivity contribution < 1.29 is 13.2 Å². The first kappa shape index (κ1) is 16.1. The number of benzene rings is 1. The minimum Gasteiger partial charge on any atom is -0.296 e. The van der Waals surface area contributed by atoms with Crippen LogP contribution in [0.4, 0.5) is 5.13 Å². The molecule has 1 heterocycles. The first-order valence-electron chi connectivity index (χ1n) is 6.07. The zero-order valence-electron chi connectivity index (χ0n) is 11.5. The summed E-state index contributed by atoms with van der Waals surface area (Å²) >= 11 is 1.22. The van der Waals surface area contributed by atoms with Crippen LogP contribution in [0.3, 0.4) is 0 Å². The maximum atomic E-state index is 12.1. The molecule has 0 aliphatic heterocycles. The Morgan fingerprint density at radius 1 is 1.41 bits per heavy atom. The summed E-state index contributed by atoms with van der Waals surface area (Å²) in [5.74, 6) is 1.72. The van der Waals surface area contributed by atoms with Crippen LogP contribution in [0.5, 0.6) is 0 Å². The number of aryl methyl sites for hydroxylation is 1. The SMILES string of the molecule is C#CCNS(=O)(=O)c1cccc(C(=O)Nc2nnc(C)s2)c1. The van der Waals surface area contributed by atoms with Gasteiger partial charge in [-0.2, -0.15) is 4.72 Å². The van der Waals surface area contributed by atoms with Crippen molar-refractivity contribution in [2.24, 2.45) is 0 Å². The van der Waals surface area contributed by atoms with Gasteiger partial charge in [0.05, 0.1) is 11.4 Å². The van der Waals surface area contributed by atoms with Gasteiger partial charge in [-0.15, -0.1) is 16.6 Å². The van der Waals surface area contributed by atoms with Gasteiger partial charge in [-0.1, -0.05) is 23.3 Å². The summed E-state index contributed by atoms with van der Waals surface area (Å²) in [6.45, 7) is 1.64. The fraction of sp³-hybridized carbons (Fsp3) is 0.154. The van der Waals surface area contributed by atoms with Gasteiger partial charge in [0.25, 0.3) is 5.91 Å². The summed E-state index contributed by atoms with van der Waals surface area (Å²) in [7, 11) is -3.75. The molecule has 1 amide bonds. The number of nitrogens with one attached hydrogen (secondary N) is 2. The molecule has 22 heavy (non-hydrogen) atoms. The molecule has 1 aromatic carbocycles. The van der Waals surface area contributed by atoms with Gasteiger partial charge in [0, 0.05) is 5.56 Å². The predicted octanol–water partition coefficient (Wildman–Crippen LogP) is 1.01. The molecule has 1 aromatic heterocycles. The number of hydrogen-bond donors (Lipinski definition) is 2. The maximum Gasteiger partial charge on any atom is 0.257 e. The number of sulfonamides is 1. The molecule has 0 fully saturated rings. The third-order valence-corrected chi connectivity index (χ3v) is 4.67. The van der Waals surface area contributed by atoms with Gasteiger partial charge in [-0.25, -0.2) is 8.42 Å². The molecule has 0 radical (unpaired) electrons. The fourth-order valence-electron chi connectivity index (χ4n) is 1.54. The Balaban J connectivity index is 2.21. The second-order valence-electron chi connectivity index (χ2n) is 4.14. The average Bonchev–Trinajstić information content (AvgIpc) is 2.90. The molecule has 9 heteroatoms. The number of hydrogen-bond acceptors (Lipinski definition) is 6. The molecule has 0 spiro atoms. The van der Waals surface area contributed by atoms with Crippen LogP contribution >= 0.6 is 11.3 Å². The normalized spacial score (nSPS) is 10.9. The monoisotopic (exact) mass is 336 g/mol. The highest BCUT2D eigenvalue weighted by atomic mass is 32.2. The number of nitrogens with zero attached hydrogens (tertiary/aromatic N) is 2. The molecule has 0 aliphatic carbocycles. The van der Waals surface area contributed by atoms with Crippen molar-refractivity contribution in [1.29, 1.82) is 0 Å². The van der Waals surface area contributed by atoms with E-state index in [9.17, 15) is 13.2 Å². The second-order valence-corrected chi connectivity index (χ2v) is 7.09. The van der Waals surface area contributed by atoms with Crippen molar-refractivity contribution in [1.82, 2.24) is 14.9 Å². The van der Waals surface area contributed by atoms with Crippen LogP contribution in [0.15, 0.2) is 29.2 Å². The first-order valence-corrected chi connectivity index (χ1v) is 8.37. The standard InChI is InChI=1S/C13H12N4O3S2/c1-3-7-14-22(19,20)11-6-4-5-10(8-11)12(18)15-13-17-16-9(2)21-13/h1,4-6,8,14H,7H2,2H3,(H,15,17,18). The van der Waals surface area contributed by atoms with Gasteiger partial charge in [-0.05, 0) is 25.1 Å². The van der Waals surface area contributed by atoms with Gasteiger partial charge < -0.3 is 0 Å². The van der Waals surface area contributed by atoms with E-state index in [1.54, 1.807) is 6.92 Å². The van der Waals surface area contributed by atoms with E-state index in [0.29, 0.717) is 10.1 Å². The maximum absolute atomic E-state index is 12.1. The first-order chi connectivity index (χ1) is 10.4. The van der Waals surface area contributed by atoms with E-state index in [2.05, 4.69) is 26.2 Å². The second kappa shape index (κ2) is 6.65. The van der Waals surface area contributed by atoms with Crippen LogP contribution in [-0.2, 0) is 10.0 Å². The molecule has 2 rings (SSSR count). The van der Waals surface area contributed by atoms with Crippen molar-refractivity contribution in [2.75, 3.05) is 11.9 Å². The van der Waals surface area contributed by atoms with E-state index >= 15 is 0 Å². The average molecular weight is 336 g/mol. The highest BCUT2D eigenvalue weighted by Crippen LogP contribution is 2.16. The van der Waals surface area contributed by atoms with E-state index in [0.717, 1.165) is 0 Å². The Morgan fingerprint density at radius 3 is 2.82 bits per heavy atom. The van der Waals surface area contributed by atoms with Crippen LogP contribution in [0, 0.1) is 19.3 Å². The van der Waals surface area contributed by atoms with Gasteiger partial charge >= 0.3 is 0 Å². The lowest BCUT2D eigenvalue weighted by molar-refractivity contribution is 0.102. The smallest absolute Gasteiger partial charge is 0.257 e. The van der Waals surface area contributed by atoms with E-state index in [-0.39, 0.29) is 17.0 Å². The Hall–Kier alpha value is -2.28. The van der Waals surface area contributed by atoms with Crippen molar-refractivity contribution in [2.45, 2.75) is 11.8 Å². The number of amides is 1. The Kier molecular flexibility index (Phi) is 4.87. The summed E-state index contributed by atoms with van der Waals surface area (Å²) in [6, 6.07) is 5.63. The van der Waals surface area contributed by atoms with Crippen LogP contribution in [0.2, 0.25) is 0 Å². The van der Waals surface area contributed by atoms with Crippen molar-refractivity contribution in [3.05, 3.63) is 34.8 Å². The lowest BCUT2D eigenvalue weighted by Crippen LogP contribution is -2.24. The number of carbonyl (C=O) groups is 1. The molecule has 7 nitrogen and oxygen atoms in total. The van der Waals surface area contributed by atoms with Crippen LogP contribution in [0.1, 0.15) is 15.4 Å². The zero-order chi connectivity index (χ0) is 16.2. The number of rotatable bonds is 5. The minimum absolute atomic E-state index is 0.0381. The molecule has 0 aliphatic rings. The quantitative estimate of drug-likeness (QED) is 0.794. The minimum atomic E-state index is -3.75. The van der Waals surface area contributed by atoms with E-state index in [1.807, 2.05) is 0 Å². The molecule has 114 valence electrons. The fourth-order valence-corrected chi connectivity index (χ4v) is 3.11. The Morgan fingerprint density at radius 2 is 2.18 bits per heavy atom. The molecule has 2 N–H and O–H groups in total. The van der Waals surface area contributed by atoms with E-state index in [4.69, 9.17) is 6.42 Å². The van der Waals surface area contributed by atoms with Crippen molar-refractivity contribution in [3.8, 4) is 12.3 Å². The van der Waals surface area contributed by atoms with Gasteiger partial charge in [0.1, 0.15) is 5.01 Å².